The highest BCUT2D eigenvalue weighted by atomic mass is 16.4. The Balaban J connectivity index is 2.66. The van der Waals surface area contributed by atoms with Crippen LogP contribution in [0.3, 0.4) is 0 Å². The molecular formula is C11H11N3O2. The predicted molar refractivity (Wildman–Crippen MR) is 58.1 cm³/mol. The molecule has 2 aromatic heterocycles. The maximum Gasteiger partial charge on any atom is 0.354 e. The number of aromatic nitrogens is 3. The van der Waals surface area contributed by atoms with E-state index in [4.69, 9.17) is 5.11 Å². The summed E-state index contributed by atoms with van der Waals surface area (Å²) in [4.78, 5) is 19.4. The van der Waals surface area contributed by atoms with Crippen molar-refractivity contribution in [1.29, 1.82) is 0 Å². The lowest BCUT2D eigenvalue weighted by molar-refractivity contribution is 0.0687. The van der Waals surface area contributed by atoms with Gasteiger partial charge in [-0.3, -0.25) is 4.98 Å². The molecule has 0 aliphatic carbocycles. The SMILES string of the molecule is Cc1nc(-c2cccnc2)c(C(=O)O)n1C. The van der Waals surface area contributed by atoms with E-state index in [1.165, 1.54) is 0 Å². The number of carbonyl (C=O) groups is 1. The first-order chi connectivity index (χ1) is 7.61. The van der Waals surface area contributed by atoms with E-state index in [2.05, 4.69) is 9.97 Å². The van der Waals surface area contributed by atoms with Crippen LogP contribution < -0.4 is 0 Å². The van der Waals surface area contributed by atoms with Gasteiger partial charge >= 0.3 is 5.97 Å². The van der Waals surface area contributed by atoms with Crippen LogP contribution in [0.5, 0.6) is 0 Å². The number of carboxylic acids is 1. The van der Waals surface area contributed by atoms with Gasteiger partial charge in [0.05, 0.1) is 0 Å². The van der Waals surface area contributed by atoms with E-state index in [1.54, 1.807) is 43.1 Å². The van der Waals surface area contributed by atoms with Crippen LogP contribution in [0, 0.1) is 6.92 Å². The summed E-state index contributed by atoms with van der Waals surface area (Å²) in [6, 6.07) is 3.55. The first-order valence-electron chi connectivity index (χ1n) is 4.78. The summed E-state index contributed by atoms with van der Waals surface area (Å²) in [6.45, 7) is 1.77. The van der Waals surface area contributed by atoms with Crippen molar-refractivity contribution in [3.63, 3.8) is 0 Å². The summed E-state index contributed by atoms with van der Waals surface area (Å²) < 4.78 is 1.56. The average molecular weight is 217 g/mol. The third-order valence-electron chi connectivity index (χ3n) is 2.46. The zero-order valence-corrected chi connectivity index (χ0v) is 9.01. The molecule has 0 aromatic carbocycles. The molecule has 5 heteroatoms. The zero-order chi connectivity index (χ0) is 11.7. The minimum atomic E-state index is -0.984. The lowest BCUT2D eigenvalue weighted by Gasteiger charge is -2.00. The van der Waals surface area contributed by atoms with Gasteiger partial charge in [-0.1, -0.05) is 0 Å². The molecule has 0 saturated carbocycles. The van der Waals surface area contributed by atoms with Crippen molar-refractivity contribution < 1.29 is 9.90 Å². The summed E-state index contributed by atoms with van der Waals surface area (Å²) in [6.07, 6.45) is 3.24. The molecule has 82 valence electrons. The summed E-state index contributed by atoms with van der Waals surface area (Å²) >= 11 is 0. The van der Waals surface area contributed by atoms with E-state index in [9.17, 15) is 4.79 Å². The number of hydrogen-bond acceptors (Lipinski definition) is 3. The molecule has 0 radical (unpaired) electrons. The van der Waals surface area contributed by atoms with Gasteiger partial charge in [0.1, 0.15) is 11.5 Å². The van der Waals surface area contributed by atoms with Gasteiger partial charge in [0.2, 0.25) is 0 Å². The highest BCUT2D eigenvalue weighted by Gasteiger charge is 2.19. The molecule has 0 fully saturated rings. The Hall–Kier alpha value is -2.17. The molecule has 0 spiro atoms. The number of hydrogen-bond donors (Lipinski definition) is 1. The fourth-order valence-electron chi connectivity index (χ4n) is 1.56. The lowest BCUT2D eigenvalue weighted by atomic mass is 10.2. The van der Waals surface area contributed by atoms with Crippen LogP contribution in [0.4, 0.5) is 0 Å². The molecule has 0 aliphatic heterocycles. The van der Waals surface area contributed by atoms with Crippen molar-refractivity contribution in [3.05, 3.63) is 36.0 Å². The van der Waals surface area contributed by atoms with E-state index in [-0.39, 0.29) is 5.69 Å². The van der Waals surface area contributed by atoms with Crippen molar-refractivity contribution in [2.75, 3.05) is 0 Å². The first-order valence-corrected chi connectivity index (χ1v) is 4.78. The molecule has 5 nitrogen and oxygen atoms in total. The second-order valence-electron chi connectivity index (χ2n) is 3.46. The van der Waals surface area contributed by atoms with Gasteiger partial charge < -0.3 is 9.67 Å². The van der Waals surface area contributed by atoms with E-state index in [0.717, 1.165) is 0 Å². The number of imidazole rings is 1. The molecule has 16 heavy (non-hydrogen) atoms. The molecule has 2 rings (SSSR count). The Morgan fingerprint density at radius 2 is 2.25 bits per heavy atom. The summed E-state index contributed by atoms with van der Waals surface area (Å²) in [5.74, 6) is -0.321. The molecule has 0 atom stereocenters. The van der Waals surface area contributed by atoms with Gasteiger partial charge in [-0.2, -0.15) is 0 Å². The summed E-state index contributed by atoms with van der Waals surface area (Å²) in [7, 11) is 1.69. The zero-order valence-electron chi connectivity index (χ0n) is 9.01. The fraction of sp³-hybridized carbons (Fsp3) is 0.182. The largest absolute Gasteiger partial charge is 0.477 e. The summed E-state index contributed by atoms with van der Waals surface area (Å²) in [5.41, 5.74) is 1.36. The van der Waals surface area contributed by atoms with Crippen molar-refractivity contribution in [3.8, 4) is 11.3 Å². The van der Waals surface area contributed by atoms with Crippen molar-refractivity contribution >= 4 is 5.97 Å². The van der Waals surface area contributed by atoms with Crippen LogP contribution in [0.2, 0.25) is 0 Å². The van der Waals surface area contributed by atoms with E-state index >= 15 is 0 Å². The van der Waals surface area contributed by atoms with E-state index < -0.39 is 5.97 Å². The number of aryl methyl sites for hydroxylation is 1. The number of aromatic carboxylic acids is 1. The molecule has 0 saturated heterocycles. The molecule has 2 heterocycles. The molecule has 0 amide bonds. The number of rotatable bonds is 2. The first kappa shape index (κ1) is 10.4. The van der Waals surface area contributed by atoms with Gasteiger partial charge in [0.15, 0.2) is 5.69 Å². The predicted octanol–water partition coefficient (Wildman–Crippen LogP) is 1.49. The topological polar surface area (TPSA) is 68.0 Å². The van der Waals surface area contributed by atoms with Crippen molar-refractivity contribution in [2.45, 2.75) is 6.92 Å². The van der Waals surface area contributed by atoms with Crippen molar-refractivity contribution in [2.24, 2.45) is 7.05 Å². The van der Waals surface area contributed by atoms with E-state index in [1.807, 2.05) is 0 Å². The molecule has 0 bridgehead atoms. The molecule has 1 N–H and O–H groups in total. The maximum atomic E-state index is 11.1. The minimum absolute atomic E-state index is 0.186. The third-order valence-corrected chi connectivity index (χ3v) is 2.46. The number of nitrogens with zero attached hydrogens (tertiary/aromatic N) is 3. The van der Waals surface area contributed by atoms with Gasteiger partial charge in [0, 0.05) is 25.0 Å². The van der Waals surface area contributed by atoms with Crippen LogP contribution in [-0.4, -0.2) is 25.6 Å². The molecule has 0 aliphatic rings. The Morgan fingerprint density at radius 3 is 2.81 bits per heavy atom. The van der Waals surface area contributed by atoms with Crippen LogP contribution >= 0.6 is 0 Å². The highest BCUT2D eigenvalue weighted by molar-refractivity contribution is 5.93. The second kappa shape index (κ2) is 3.77. The van der Waals surface area contributed by atoms with Gasteiger partial charge in [-0.15, -0.1) is 0 Å². The standard InChI is InChI=1S/C11H11N3O2/c1-7-13-9(8-4-3-5-12-6-8)10(11(15)16)14(7)2/h3-6H,1-2H3,(H,15,16). The number of carboxylic acid groups (broad SMARTS) is 1. The monoisotopic (exact) mass is 217 g/mol. The highest BCUT2D eigenvalue weighted by Crippen LogP contribution is 2.22. The normalized spacial score (nSPS) is 10.4. The molecule has 2 aromatic rings. The van der Waals surface area contributed by atoms with Gasteiger partial charge in [-0.25, -0.2) is 9.78 Å². The lowest BCUT2D eigenvalue weighted by Crippen LogP contribution is -2.06. The average Bonchev–Trinajstić information content (AvgIpc) is 2.57. The Bertz CT molecular complexity index is 532. The molecule has 0 unspecified atom stereocenters. The van der Waals surface area contributed by atoms with Crippen LogP contribution in [0.1, 0.15) is 16.3 Å². The van der Waals surface area contributed by atoms with Gasteiger partial charge in [-0.05, 0) is 19.1 Å². The van der Waals surface area contributed by atoms with Gasteiger partial charge in [0.25, 0.3) is 0 Å². The Labute approximate surface area is 92.4 Å². The third kappa shape index (κ3) is 1.56. The van der Waals surface area contributed by atoms with Crippen LogP contribution in [0.25, 0.3) is 11.3 Å². The van der Waals surface area contributed by atoms with E-state index in [0.29, 0.717) is 17.1 Å². The quantitative estimate of drug-likeness (QED) is 0.827. The molecular weight excluding hydrogens is 206 g/mol. The second-order valence-corrected chi connectivity index (χ2v) is 3.46. The Kier molecular flexibility index (Phi) is 2.44. The smallest absolute Gasteiger partial charge is 0.354 e. The number of pyridine rings is 1. The van der Waals surface area contributed by atoms with Crippen LogP contribution in [0.15, 0.2) is 24.5 Å². The summed E-state index contributed by atoms with van der Waals surface area (Å²) in [5, 5.41) is 9.14. The Morgan fingerprint density at radius 1 is 1.50 bits per heavy atom. The fourth-order valence-corrected chi connectivity index (χ4v) is 1.56. The van der Waals surface area contributed by atoms with Crippen molar-refractivity contribution in [1.82, 2.24) is 14.5 Å². The minimum Gasteiger partial charge on any atom is -0.477 e. The maximum absolute atomic E-state index is 11.1. The van der Waals surface area contributed by atoms with Crippen LogP contribution in [-0.2, 0) is 7.05 Å².